The van der Waals surface area contributed by atoms with E-state index in [1.807, 2.05) is 6.92 Å². The van der Waals surface area contributed by atoms with Crippen LogP contribution in [-0.4, -0.2) is 40.3 Å². The molecule has 0 aromatic carbocycles. The normalized spacial score (nSPS) is 20.4. The van der Waals surface area contributed by atoms with Crippen LogP contribution in [0.3, 0.4) is 0 Å². The molecule has 0 spiro atoms. The zero-order valence-corrected chi connectivity index (χ0v) is 10.5. The highest BCUT2D eigenvalue weighted by Gasteiger charge is 2.40. The number of nitrogens with zero attached hydrogens (tertiary/aromatic N) is 1. The van der Waals surface area contributed by atoms with Crippen LogP contribution in [-0.2, 0) is 14.4 Å². The van der Waals surface area contributed by atoms with Crippen LogP contribution in [0.5, 0.6) is 0 Å². The van der Waals surface area contributed by atoms with Gasteiger partial charge in [-0.25, -0.2) is 4.79 Å². The van der Waals surface area contributed by atoms with Crippen molar-refractivity contribution in [2.24, 2.45) is 5.41 Å². The van der Waals surface area contributed by atoms with Crippen LogP contribution in [0.15, 0.2) is 0 Å². The number of carboxylic acid groups (broad SMARTS) is 1. The Morgan fingerprint density at radius 3 is 2.41 bits per heavy atom. The zero-order valence-electron chi connectivity index (χ0n) is 10.5. The van der Waals surface area contributed by atoms with Gasteiger partial charge in [-0.2, -0.15) is 0 Å². The molecule has 17 heavy (non-hydrogen) atoms. The smallest absolute Gasteiger partial charge is 0.326 e. The van der Waals surface area contributed by atoms with E-state index in [1.54, 1.807) is 13.8 Å². The predicted octanol–water partition coefficient (Wildman–Crippen LogP) is 1.07. The van der Waals surface area contributed by atoms with Gasteiger partial charge in [-0.05, 0) is 19.3 Å². The summed E-state index contributed by atoms with van der Waals surface area (Å²) in [5.74, 6) is -2.17. The molecule has 0 aromatic heterocycles. The third-order valence-electron chi connectivity index (χ3n) is 3.49. The summed E-state index contributed by atoms with van der Waals surface area (Å²) in [6.45, 7) is 5.61. The van der Waals surface area contributed by atoms with E-state index in [-0.39, 0.29) is 0 Å². The maximum atomic E-state index is 12.0. The number of likely N-dealkylation sites (tertiary alicyclic amines) is 1. The minimum absolute atomic E-state index is 0.362. The number of Topliss-reactive ketones (excluding diaryl/α,β-unsaturated/α-hetero) is 1. The molecule has 1 aliphatic rings. The van der Waals surface area contributed by atoms with Crippen LogP contribution < -0.4 is 0 Å². The fourth-order valence-electron chi connectivity index (χ4n) is 1.85. The lowest BCUT2D eigenvalue weighted by Crippen LogP contribution is -2.47. The molecule has 1 atom stereocenters. The van der Waals surface area contributed by atoms with Gasteiger partial charge in [-0.3, -0.25) is 9.59 Å². The lowest BCUT2D eigenvalue weighted by atomic mass is 9.84. The van der Waals surface area contributed by atoms with Crippen molar-refractivity contribution >= 4 is 17.7 Å². The van der Waals surface area contributed by atoms with Crippen molar-refractivity contribution in [3.8, 4) is 0 Å². The summed E-state index contributed by atoms with van der Waals surface area (Å²) in [5, 5.41) is 8.97. The van der Waals surface area contributed by atoms with E-state index in [2.05, 4.69) is 0 Å². The van der Waals surface area contributed by atoms with Gasteiger partial charge in [0.15, 0.2) is 0 Å². The Balaban J connectivity index is 2.83. The molecule has 5 heteroatoms. The first-order chi connectivity index (χ1) is 7.81. The first-order valence-corrected chi connectivity index (χ1v) is 5.89. The molecule has 1 fully saturated rings. The number of aliphatic carboxylic acids is 1. The maximum absolute atomic E-state index is 12.0. The highest BCUT2D eigenvalue weighted by Crippen LogP contribution is 2.25. The van der Waals surface area contributed by atoms with Gasteiger partial charge in [0.2, 0.25) is 5.78 Å². The number of ketones is 1. The fraction of sp³-hybridized carbons (Fsp3) is 0.750. The van der Waals surface area contributed by atoms with Crippen LogP contribution in [0.2, 0.25) is 0 Å². The van der Waals surface area contributed by atoms with Crippen molar-refractivity contribution in [2.75, 3.05) is 6.54 Å². The van der Waals surface area contributed by atoms with E-state index < -0.39 is 29.1 Å². The van der Waals surface area contributed by atoms with Crippen LogP contribution in [0.1, 0.15) is 40.0 Å². The molecule has 1 N–H and O–H groups in total. The molecule has 1 saturated heterocycles. The quantitative estimate of drug-likeness (QED) is 0.747. The summed E-state index contributed by atoms with van der Waals surface area (Å²) < 4.78 is 0. The second kappa shape index (κ2) is 4.85. The van der Waals surface area contributed by atoms with Crippen molar-refractivity contribution in [3.05, 3.63) is 0 Å². The number of hydrogen-bond donors (Lipinski definition) is 1. The average molecular weight is 241 g/mol. The van der Waals surface area contributed by atoms with Gasteiger partial charge in [-0.15, -0.1) is 0 Å². The summed E-state index contributed by atoms with van der Waals surface area (Å²) in [5.41, 5.74) is -0.720. The molecule has 96 valence electrons. The molecule has 0 unspecified atom stereocenters. The minimum atomic E-state index is -1.03. The molecule has 1 amide bonds. The number of carbonyl (C=O) groups excluding carboxylic acids is 2. The average Bonchev–Trinajstić information content (AvgIpc) is 2.75. The second-order valence-corrected chi connectivity index (χ2v) is 5.06. The highest BCUT2D eigenvalue weighted by molar-refractivity contribution is 6.38. The van der Waals surface area contributed by atoms with E-state index in [4.69, 9.17) is 5.11 Å². The summed E-state index contributed by atoms with van der Waals surface area (Å²) in [6.07, 6.45) is 1.63. The number of amides is 1. The Morgan fingerprint density at radius 1 is 1.35 bits per heavy atom. The lowest BCUT2D eigenvalue weighted by Gasteiger charge is -2.26. The summed E-state index contributed by atoms with van der Waals surface area (Å²) >= 11 is 0. The molecular formula is C12H19NO4. The van der Waals surface area contributed by atoms with Crippen LogP contribution in [0.25, 0.3) is 0 Å². The van der Waals surface area contributed by atoms with E-state index in [9.17, 15) is 14.4 Å². The van der Waals surface area contributed by atoms with Gasteiger partial charge in [0.25, 0.3) is 5.91 Å². The van der Waals surface area contributed by atoms with Crippen LogP contribution in [0.4, 0.5) is 0 Å². The van der Waals surface area contributed by atoms with Crippen molar-refractivity contribution in [3.63, 3.8) is 0 Å². The van der Waals surface area contributed by atoms with Gasteiger partial charge >= 0.3 is 5.97 Å². The number of carboxylic acids is 1. The predicted molar refractivity (Wildman–Crippen MR) is 61.4 cm³/mol. The molecule has 1 rings (SSSR count). The van der Waals surface area contributed by atoms with Crippen molar-refractivity contribution in [1.29, 1.82) is 0 Å². The van der Waals surface area contributed by atoms with Crippen molar-refractivity contribution in [1.82, 2.24) is 4.90 Å². The van der Waals surface area contributed by atoms with Crippen molar-refractivity contribution in [2.45, 2.75) is 46.1 Å². The topological polar surface area (TPSA) is 74.7 Å². The molecule has 5 nitrogen and oxygen atoms in total. The monoisotopic (exact) mass is 241 g/mol. The Labute approximate surface area is 101 Å². The Morgan fingerprint density at radius 2 is 1.94 bits per heavy atom. The summed E-state index contributed by atoms with van der Waals surface area (Å²) in [6, 6.07) is -0.834. The zero-order chi connectivity index (χ0) is 13.2. The third-order valence-corrected chi connectivity index (χ3v) is 3.49. The molecule has 0 bridgehead atoms. The van der Waals surface area contributed by atoms with Gasteiger partial charge < -0.3 is 10.0 Å². The van der Waals surface area contributed by atoms with Crippen LogP contribution >= 0.6 is 0 Å². The molecule has 0 radical (unpaired) electrons. The Hall–Kier alpha value is -1.39. The van der Waals surface area contributed by atoms with Gasteiger partial charge in [0.05, 0.1) is 0 Å². The molecule has 1 heterocycles. The van der Waals surface area contributed by atoms with Gasteiger partial charge in [0.1, 0.15) is 6.04 Å². The largest absolute Gasteiger partial charge is 0.480 e. The SMILES string of the molecule is CCC(C)(C)C(=O)C(=O)N1CCC[C@@H]1C(=O)O. The van der Waals surface area contributed by atoms with E-state index >= 15 is 0 Å². The molecule has 0 saturated carbocycles. The standard InChI is InChI=1S/C12H19NO4/c1-4-12(2,3)9(14)10(15)13-7-5-6-8(13)11(16)17/h8H,4-7H2,1-3H3,(H,16,17)/t8-/m1/s1. The number of hydrogen-bond acceptors (Lipinski definition) is 3. The number of carbonyl (C=O) groups is 3. The van der Waals surface area contributed by atoms with Gasteiger partial charge in [-0.1, -0.05) is 20.8 Å². The van der Waals surface area contributed by atoms with E-state index in [0.717, 1.165) is 0 Å². The molecular weight excluding hydrogens is 222 g/mol. The molecule has 0 aromatic rings. The summed E-state index contributed by atoms with van der Waals surface area (Å²) in [7, 11) is 0. The van der Waals surface area contributed by atoms with Crippen molar-refractivity contribution < 1.29 is 19.5 Å². The number of rotatable bonds is 4. The first kappa shape index (κ1) is 13.7. The molecule has 1 aliphatic heterocycles. The van der Waals surface area contributed by atoms with Gasteiger partial charge in [0, 0.05) is 12.0 Å². The lowest BCUT2D eigenvalue weighted by molar-refractivity contribution is -0.154. The Kier molecular flexibility index (Phi) is 3.91. The van der Waals surface area contributed by atoms with Crippen LogP contribution in [0, 0.1) is 5.41 Å². The second-order valence-electron chi connectivity index (χ2n) is 5.06. The first-order valence-electron chi connectivity index (χ1n) is 5.89. The van der Waals surface area contributed by atoms with E-state index in [0.29, 0.717) is 25.8 Å². The highest BCUT2D eigenvalue weighted by atomic mass is 16.4. The fourth-order valence-corrected chi connectivity index (χ4v) is 1.85. The molecule has 0 aliphatic carbocycles. The Bertz CT molecular complexity index is 348. The third kappa shape index (κ3) is 2.65. The van der Waals surface area contributed by atoms with E-state index in [1.165, 1.54) is 4.90 Å². The minimum Gasteiger partial charge on any atom is -0.480 e. The summed E-state index contributed by atoms with van der Waals surface area (Å²) in [4.78, 5) is 36.1. The maximum Gasteiger partial charge on any atom is 0.326 e.